The highest BCUT2D eigenvalue weighted by molar-refractivity contribution is 5.78. The molecular weight excluding hydrogens is 290 g/mol. The molecule has 5 heteroatoms. The number of rotatable bonds is 3. The summed E-state index contributed by atoms with van der Waals surface area (Å²) in [7, 11) is 1.70. The summed E-state index contributed by atoms with van der Waals surface area (Å²) in [5, 5.41) is 0. The van der Waals surface area contributed by atoms with Crippen LogP contribution in [0.3, 0.4) is 0 Å². The van der Waals surface area contributed by atoms with Crippen molar-refractivity contribution in [2.24, 2.45) is 16.6 Å². The first-order chi connectivity index (χ1) is 11.1. The fourth-order valence-corrected chi connectivity index (χ4v) is 3.46. The van der Waals surface area contributed by atoms with Gasteiger partial charge < -0.3 is 20.1 Å². The van der Waals surface area contributed by atoms with E-state index in [1.165, 1.54) is 18.4 Å². The fraction of sp³-hybridized carbons (Fsp3) is 0.611. The molecule has 1 aromatic rings. The van der Waals surface area contributed by atoms with Crippen molar-refractivity contribution in [2.75, 3.05) is 20.2 Å². The van der Waals surface area contributed by atoms with E-state index in [0.717, 1.165) is 36.6 Å². The average Bonchev–Trinajstić information content (AvgIpc) is 2.90. The molecule has 2 unspecified atom stereocenters. The molecule has 0 spiro atoms. The van der Waals surface area contributed by atoms with E-state index in [2.05, 4.69) is 29.8 Å². The molecule has 1 fully saturated rings. The molecule has 0 aliphatic carbocycles. The van der Waals surface area contributed by atoms with Crippen LogP contribution in [0.4, 0.5) is 0 Å². The van der Waals surface area contributed by atoms with Gasteiger partial charge in [-0.2, -0.15) is 0 Å². The van der Waals surface area contributed by atoms with E-state index in [9.17, 15) is 0 Å². The number of guanidine groups is 1. The number of hydrogen-bond acceptors (Lipinski definition) is 3. The third-order valence-electron chi connectivity index (χ3n) is 4.69. The van der Waals surface area contributed by atoms with E-state index in [-0.39, 0.29) is 6.10 Å². The molecule has 2 N–H and O–H groups in total. The summed E-state index contributed by atoms with van der Waals surface area (Å²) in [4.78, 5) is 6.78. The summed E-state index contributed by atoms with van der Waals surface area (Å²) in [6.45, 7) is 6.87. The van der Waals surface area contributed by atoms with Crippen LogP contribution in [-0.2, 0) is 13.0 Å². The minimum absolute atomic E-state index is 0.230. The van der Waals surface area contributed by atoms with Gasteiger partial charge in [0, 0.05) is 30.6 Å². The molecule has 0 saturated carbocycles. The predicted molar refractivity (Wildman–Crippen MR) is 92.1 cm³/mol. The molecule has 2 aliphatic heterocycles. The van der Waals surface area contributed by atoms with Gasteiger partial charge >= 0.3 is 0 Å². The van der Waals surface area contributed by atoms with Crippen molar-refractivity contribution in [3.63, 3.8) is 0 Å². The van der Waals surface area contributed by atoms with Gasteiger partial charge in [0.05, 0.1) is 13.7 Å². The van der Waals surface area contributed by atoms with Crippen molar-refractivity contribution in [3.05, 3.63) is 23.3 Å². The van der Waals surface area contributed by atoms with E-state index in [1.54, 1.807) is 7.11 Å². The van der Waals surface area contributed by atoms with Gasteiger partial charge in [0.2, 0.25) is 0 Å². The SMILES string of the molecule is COc1cc2c(cc1CN=C(N)N1CCCC(C)C1)OC(C)C2. The lowest BCUT2D eigenvalue weighted by molar-refractivity contribution is 0.254. The van der Waals surface area contributed by atoms with Crippen LogP contribution < -0.4 is 15.2 Å². The van der Waals surface area contributed by atoms with Crippen LogP contribution in [0.15, 0.2) is 17.1 Å². The van der Waals surface area contributed by atoms with Crippen LogP contribution in [0, 0.1) is 5.92 Å². The zero-order valence-corrected chi connectivity index (χ0v) is 14.3. The standard InChI is InChI=1S/C18H27N3O2/c1-12-5-4-6-21(11-12)18(19)20-10-15-9-17-14(7-13(2)23-17)8-16(15)22-3/h8-9,12-13H,4-7,10-11H2,1-3H3,(H2,19,20). The zero-order chi connectivity index (χ0) is 16.4. The van der Waals surface area contributed by atoms with Crippen LogP contribution in [0.25, 0.3) is 0 Å². The molecular formula is C18H27N3O2. The maximum absolute atomic E-state index is 6.19. The van der Waals surface area contributed by atoms with Crippen molar-refractivity contribution in [3.8, 4) is 11.5 Å². The maximum atomic E-state index is 6.19. The van der Waals surface area contributed by atoms with E-state index in [0.29, 0.717) is 18.4 Å². The lowest BCUT2D eigenvalue weighted by atomic mass is 10.0. The summed E-state index contributed by atoms with van der Waals surface area (Å²) in [5.41, 5.74) is 8.42. The normalized spacial score (nSPS) is 24.3. The third kappa shape index (κ3) is 3.54. The number of aliphatic imine (C=N–C) groups is 1. The minimum atomic E-state index is 0.230. The number of nitrogens with zero attached hydrogens (tertiary/aromatic N) is 2. The summed E-state index contributed by atoms with van der Waals surface area (Å²) in [6, 6.07) is 4.12. The van der Waals surface area contributed by atoms with Gasteiger partial charge in [0.1, 0.15) is 17.6 Å². The molecule has 0 bridgehead atoms. The van der Waals surface area contributed by atoms with E-state index < -0.39 is 0 Å². The van der Waals surface area contributed by atoms with E-state index in [4.69, 9.17) is 15.2 Å². The molecule has 2 heterocycles. The van der Waals surface area contributed by atoms with Gasteiger partial charge in [0.15, 0.2) is 5.96 Å². The minimum Gasteiger partial charge on any atom is -0.496 e. The number of nitrogens with two attached hydrogens (primary N) is 1. The first kappa shape index (κ1) is 16.0. The van der Waals surface area contributed by atoms with Gasteiger partial charge in [-0.25, -0.2) is 4.99 Å². The van der Waals surface area contributed by atoms with Gasteiger partial charge in [-0.1, -0.05) is 6.92 Å². The smallest absolute Gasteiger partial charge is 0.191 e. The Morgan fingerprint density at radius 1 is 1.43 bits per heavy atom. The topological polar surface area (TPSA) is 60.1 Å². The second-order valence-electron chi connectivity index (χ2n) is 6.77. The number of methoxy groups -OCH3 is 1. The van der Waals surface area contributed by atoms with Crippen molar-refractivity contribution in [2.45, 2.75) is 45.8 Å². The number of piperidine rings is 1. The molecule has 0 radical (unpaired) electrons. The Hall–Kier alpha value is -1.91. The lowest BCUT2D eigenvalue weighted by Crippen LogP contribution is -2.43. The largest absolute Gasteiger partial charge is 0.496 e. The lowest BCUT2D eigenvalue weighted by Gasteiger charge is -2.31. The number of ether oxygens (including phenoxy) is 2. The van der Waals surface area contributed by atoms with Gasteiger partial charge in [0.25, 0.3) is 0 Å². The fourth-order valence-electron chi connectivity index (χ4n) is 3.46. The molecule has 1 saturated heterocycles. The zero-order valence-electron chi connectivity index (χ0n) is 14.3. The highest BCUT2D eigenvalue weighted by Crippen LogP contribution is 2.35. The summed E-state index contributed by atoms with van der Waals surface area (Å²) >= 11 is 0. The van der Waals surface area contributed by atoms with Crippen molar-refractivity contribution in [1.29, 1.82) is 0 Å². The summed E-state index contributed by atoms with van der Waals surface area (Å²) in [6.07, 6.45) is 3.63. The van der Waals surface area contributed by atoms with Crippen LogP contribution >= 0.6 is 0 Å². The molecule has 23 heavy (non-hydrogen) atoms. The first-order valence-electron chi connectivity index (χ1n) is 8.48. The Kier molecular flexibility index (Phi) is 4.64. The Labute approximate surface area is 138 Å². The number of likely N-dealkylation sites (tertiary alicyclic amines) is 1. The predicted octanol–water partition coefficient (Wildman–Crippen LogP) is 2.57. The number of hydrogen-bond donors (Lipinski definition) is 1. The van der Waals surface area contributed by atoms with E-state index in [1.807, 2.05) is 6.07 Å². The van der Waals surface area contributed by atoms with E-state index >= 15 is 0 Å². The highest BCUT2D eigenvalue weighted by Gasteiger charge is 2.22. The monoisotopic (exact) mass is 317 g/mol. The molecule has 1 aromatic carbocycles. The Bertz CT molecular complexity index is 600. The molecule has 126 valence electrons. The van der Waals surface area contributed by atoms with Gasteiger partial charge in [-0.3, -0.25) is 0 Å². The van der Waals surface area contributed by atoms with Crippen LogP contribution in [0.2, 0.25) is 0 Å². The Balaban J connectivity index is 1.74. The summed E-state index contributed by atoms with van der Waals surface area (Å²) < 4.78 is 11.4. The maximum Gasteiger partial charge on any atom is 0.191 e. The van der Waals surface area contributed by atoms with Crippen LogP contribution in [0.5, 0.6) is 11.5 Å². The van der Waals surface area contributed by atoms with Crippen molar-refractivity contribution in [1.82, 2.24) is 4.90 Å². The van der Waals surface area contributed by atoms with Gasteiger partial charge in [-0.15, -0.1) is 0 Å². The molecule has 5 nitrogen and oxygen atoms in total. The second kappa shape index (κ2) is 6.69. The molecule has 2 atom stereocenters. The van der Waals surface area contributed by atoms with Crippen molar-refractivity contribution >= 4 is 5.96 Å². The molecule has 0 aromatic heterocycles. The highest BCUT2D eigenvalue weighted by atomic mass is 16.5. The molecule has 3 rings (SSSR count). The third-order valence-corrected chi connectivity index (χ3v) is 4.69. The molecule has 0 amide bonds. The second-order valence-corrected chi connectivity index (χ2v) is 6.77. The van der Waals surface area contributed by atoms with Gasteiger partial charge in [-0.05, 0) is 37.8 Å². The Morgan fingerprint density at radius 3 is 3.00 bits per heavy atom. The van der Waals surface area contributed by atoms with Crippen LogP contribution in [0.1, 0.15) is 37.8 Å². The van der Waals surface area contributed by atoms with Crippen LogP contribution in [-0.4, -0.2) is 37.2 Å². The molecule has 2 aliphatic rings. The summed E-state index contributed by atoms with van der Waals surface area (Å²) in [5.74, 6) is 3.13. The average molecular weight is 317 g/mol. The van der Waals surface area contributed by atoms with Crippen molar-refractivity contribution < 1.29 is 9.47 Å². The quantitative estimate of drug-likeness (QED) is 0.687. The first-order valence-corrected chi connectivity index (χ1v) is 8.48. The number of fused-ring (bicyclic) bond motifs is 1. The number of benzene rings is 1. The Morgan fingerprint density at radius 2 is 2.26 bits per heavy atom.